The Hall–Kier alpha value is -2.79. The number of aromatic hydroxyl groups is 1. The van der Waals surface area contributed by atoms with Crippen LogP contribution in [0.1, 0.15) is 38.5 Å². The number of carbonyl (C=O) groups is 2. The Bertz CT molecular complexity index is 1290. The number of esters is 2. The summed E-state index contributed by atoms with van der Waals surface area (Å²) >= 11 is 0. The highest BCUT2D eigenvalue weighted by molar-refractivity contribution is 7.87. The van der Waals surface area contributed by atoms with Gasteiger partial charge >= 0.3 is 27.3 Å². The molecule has 0 radical (unpaired) electrons. The van der Waals surface area contributed by atoms with Gasteiger partial charge in [-0.3, -0.25) is 9.35 Å². The number of phenolic OH excluding ortho intramolecular Hbond substituents is 1. The first-order valence-corrected chi connectivity index (χ1v) is 12.3. The molecule has 2 unspecified atom stereocenters. The van der Waals surface area contributed by atoms with Crippen molar-refractivity contribution in [2.45, 2.75) is 49.4 Å². The van der Waals surface area contributed by atoms with Crippen LogP contribution in [0.3, 0.4) is 0 Å². The number of ether oxygens (including phenoxy) is 2. The lowest BCUT2D eigenvalue weighted by Crippen LogP contribution is -2.61. The normalized spacial score (nSPS) is 30.3. The average molecular weight is 496 g/mol. The zero-order valence-corrected chi connectivity index (χ0v) is 18.7. The largest absolute Gasteiger partial charge is 0.507 e. The van der Waals surface area contributed by atoms with Gasteiger partial charge in [0, 0.05) is 17.2 Å². The highest BCUT2D eigenvalue weighted by atomic mass is 32.2. The van der Waals surface area contributed by atoms with Crippen molar-refractivity contribution >= 4 is 32.8 Å². The minimum atomic E-state index is -6.00. The van der Waals surface area contributed by atoms with Gasteiger partial charge in [0.05, 0.1) is 5.41 Å². The molecule has 34 heavy (non-hydrogen) atoms. The van der Waals surface area contributed by atoms with Gasteiger partial charge in [-0.05, 0) is 56.1 Å². The van der Waals surface area contributed by atoms with Crippen LogP contribution in [0, 0.1) is 17.3 Å². The maximum absolute atomic E-state index is 13.9. The topological polar surface area (TPSA) is 127 Å². The molecule has 6 rings (SSSR count). The van der Waals surface area contributed by atoms with E-state index >= 15 is 0 Å². The molecule has 0 spiro atoms. The molecule has 0 aliphatic heterocycles. The summed E-state index contributed by atoms with van der Waals surface area (Å²) in [7, 11) is -6.00. The van der Waals surface area contributed by atoms with Gasteiger partial charge in [0.15, 0.2) is 0 Å². The van der Waals surface area contributed by atoms with Crippen molar-refractivity contribution in [3.8, 4) is 11.5 Å². The Kier molecular flexibility index (Phi) is 4.97. The third-order valence-electron chi connectivity index (χ3n) is 7.37. The van der Waals surface area contributed by atoms with E-state index in [4.69, 9.17) is 14.0 Å². The zero-order chi connectivity index (χ0) is 24.5. The summed E-state index contributed by atoms with van der Waals surface area (Å²) in [5.41, 5.74) is -2.53. The number of alkyl halides is 2. The van der Waals surface area contributed by atoms with Crippen LogP contribution in [0.15, 0.2) is 36.4 Å². The monoisotopic (exact) mass is 496 g/mol. The van der Waals surface area contributed by atoms with Crippen LogP contribution in [-0.4, -0.2) is 40.9 Å². The van der Waals surface area contributed by atoms with Gasteiger partial charge in [-0.15, -0.1) is 0 Å². The number of fused-ring (bicyclic) bond motifs is 1. The summed E-state index contributed by atoms with van der Waals surface area (Å²) in [5.74, 6) is -2.84. The van der Waals surface area contributed by atoms with E-state index in [1.807, 2.05) is 0 Å². The quantitative estimate of drug-likeness (QED) is 0.363. The SMILES string of the molecule is O=C(Oc1ccc(O)c2ccccc12)C12CC3CC(CC(OC(=O)C(F)(F)S(=O)(=O)O)(C3)C1)C2. The van der Waals surface area contributed by atoms with Crippen molar-refractivity contribution in [2.75, 3.05) is 0 Å². The molecule has 4 fully saturated rings. The number of hydrogen-bond donors (Lipinski definition) is 2. The maximum Gasteiger partial charge on any atom is 0.465 e. The van der Waals surface area contributed by atoms with E-state index in [9.17, 15) is 31.9 Å². The second-order valence-corrected chi connectivity index (χ2v) is 11.3. The number of carbonyl (C=O) groups excluding carboxylic acids is 2. The molecule has 11 heteroatoms. The smallest absolute Gasteiger partial charge is 0.465 e. The van der Waals surface area contributed by atoms with E-state index in [1.165, 1.54) is 12.1 Å². The second kappa shape index (κ2) is 7.35. The number of phenols is 1. The molecule has 2 atom stereocenters. The molecule has 0 aromatic heterocycles. The van der Waals surface area contributed by atoms with Gasteiger partial charge in [0.1, 0.15) is 17.1 Å². The van der Waals surface area contributed by atoms with E-state index < -0.39 is 38.3 Å². The van der Waals surface area contributed by atoms with Crippen LogP contribution in [0.2, 0.25) is 0 Å². The summed E-state index contributed by atoms with van der Waals surface area (Å²) in [6.07, 6.45) is 2.00. The summed E-state index contributed by atoms with van der Waals surface area (Å²) in [5, 5.41) is 6.01. The minimum Gasteiger partial charge on any atom is -0.507 e. The fourth-order valence-electron chi connectivity index (χ4n) is 6.45. The lowest BCUT2D eigenvalue weighted by Gasteiger charge is -2.59. The predicted octanol–water partition coefficient (Wildman–Crippen LogP) is 3.81. The first kappa shape index (κ1) is 23.0. The maximum atomic E-state index is 13.9. The van der Waals surface area contributed by atoms with E-state index in [0.29, 0.717) is 23.6 Å². The average Bonchev–Trinajstić information content (AvgIpc) is 2.73. The van der Waals surface area contributed by atoms with Crippen molar-refractivity contribution in [1.29, 1.82) is 0 Å². The molecule has 2 aromatic rings. The molecule has 8 nitrogen and oxygen atoms in total. The third-order valence-corrected chi connectivity index (χ3v) is 8.19. The summed E-state index contributed by atoms with van der Waals surface area (Å²) in [4.78, 5) is 25.6. The number of hydrogen-bond acceptors (Lipinski definition) is 7. The zero-order valence-electron chi connectivity index (χ0n) is 17.9. The standard InChI is InChI=1S/C23H22F2O8S/c24-23(25,34(29,30)31)20(28)33-22-10-13-7-14(11-22)9-21(8-13,12-22)19(27)32-18-6-5-17(26)15-3-1-2-4-16(15)18/h1-6,13-14,26H,7-12H2,(H,29,30,31). The molecule has 0 heterocycles. The molecule has 182 valence electrons. The van der Waals surface area contributed by atoms with Crippen LogP contribution in [-0.2, 0) is 24.4 Å². The molecular weight excluding hydrogens is 474 g/mol. The van der Waals surface area contributed by atoms with Crippen LogP contribution in [0.4, 0.5) is 8.78 Å². The summed E-state index contributed by atoms with van der Waals surface area (Å²) in [6.45, 7) is 0. The van der Waals surface area contributed by atoms with E-state index in [0.717, 1.165) is 6.42 Å². The van der Waals surface area contributed by atoms with Crippen molar-refractivity contribution in [1.82, 2.24) is 0 Å². The molecule has 0 saturated heterocycles. The molecular formula is C23H22F2O8S. The van der Waals surface area contributed by atoms with Crippen molar-refractivity contribution in [3.63, 3.8) is 0 Å². The Morgan fingerprint density at radius 1 is 1.00 bits per heavy atom. The molecule has 4 aliphatic rings. The van der Waals surface area contributed by atoms with E-state index in [-0.39, 0.29) is 42.6 Å². The number of halogens is 2. The van der Waals surface area contributed by atoms with Gasteiger partial charge in [0.25, 0.3) is 0 Å². The first-order chi connectivity index (χ1) is 15.8. The van der Waals surface area contributed by atoms with Crippen LogP contribution < -0.4 is 4.74 Å². The second-order valence-electron chi connectivity index (χ2n) is 9.82. The molecule has 0 amide bonds. The lowest BCUT2D eigenvalue weighted by atomic mass is 9.48. The van der Waals surface area contributed by atoms with Crippen LogP contribution in [0.5, 0.6) is 11.5 Å². The van der Waals surface area contributed by atoms with Gasteiger partial charge in [-0.1, -0.05) is 24.3 Å². The summed E-state index contributed by atoms with van der Waals surface area (Å²) in [6, 6.07) is 9.71. The Morgan fingerprint density at radius 2 is 1.62 bits per heavy atom. The van der Waals surface area contributed by atoms with Crippen molar-refractivity contribution in [2.24, 2.45) is 17.3 Å². The molecule has 4 bridgehead atoms. The number of benzene rings is 2. The Labute approximate surface area is 193 Å². The minimum absolute atomic E-state index is 0.0239. The highest BCUT2D eigenvalue weighted by Crippen LogP contribution is 2.63. The predicted molar refractivity (Wildman–Crippen MR) is 114 cm³/mol. The fraction of sp³-hybridized carbons (Fsp3) is 0.478. The summed E-state index contributed by atoms with van der Waals surface area (Å²) < 4.78 is 69.4. The first-order valence-electron chi connectivity index (χ1n) is 10.9. The van der Waals surface area contributed by atoms with Gasteiger partial charge in [-0.25, -0.2) is 4.79 Å². The number of rotatable bonds is 5. The van der Waals surface area contributed by atoms with Gasteiger partial charge < -0.3 is 14.6 Å². The Morgan fingerprint density at radius 3 is 2.24 bits per heavy atom. The van der Waals surface area contributed by atoms with Gasteiger partial charge in [0.2, 0.25) is 0 Å². The van der Waals surface area contributed by atoms with E-state index in [1.54, 1.807) is 24.3 Å². The van der Waals surface area contributed by atoms with E-state index in [2.05, 4.69) is 0 Å². The Balaban J connectivity index is 1.44. The fourth-order valence-corrected chi connectivity index (χ4v) is 6.70. The van der Waals surface area contributed by atoms with Crippen LogP contribution >= 0.6 is 0 Å². The van der Waals surface area contributed by atoms with Crippen molar-refractivity contribution in [3.05, 3.63) is 36.4 Å². The lowest BCUT2D eigenvalue weighted by molar-refractivity contribution is -0.218. The van der Waals surface area contributed by atoms with Gasteiger partial charge in [-0.2, -0.15) is 17.2 Å². The third kappa shape index (κ3) is 3.52. The highest BCUT2D eigenvalue weighted by Gasteiger charge is 2.65. The molecule has 2 N–H and O–H groups in total. The molecule has 2 aromatic carbocycles. The van der Waals surface area contributed by atoms with Crippen molar-refractivity contribution < 1.29 is 45.9 Å². The molecule has 4 saturated carbocycles. The molecule has 4 aliphatic carbocycles. The van der Waals surface area contributed by atoms with Crippen LogP contribution in [0.25, 0.3) is 10.8 Å².